The Morgan fingerprint density at radius 3 is 3.09 bits per heavy atom. The molecule has 0 amide bonds. The van der Waals surface area contributed by atoms with Crippen LogP contribution in [-0.2, 0) is 24.1 Å². The smallest absolute Gasteiger partial charge is 0.257 e. The lowest BCUT2D eigenvalue weighted by Crippen LogP contribution is -2.33. The van der Waals surface area contributed by atoms with Crippen LogP contribution in [0, 0.1) is 5.92 Å². The molecule has 5 nitrogen and oxygen atoms in total. The third-order valence-corrected chi connectivity index (χ3v) is 6.15. The minimum absolute atomic E-state index is 0.405. The summed E-state index contributed by atoms with van der Waals surface area (Å²) in [7, 11) is 0. The van der Waals surface area contributed by atoms with Crippen LogP contribution in [0.3, 0.4) is 0 Å². The molecule has 0 aromatic carbocycles. The average Bonchev–Trinajstić information content (AvgIpc) is 3.31. The SMILES string of the molecule is C[C@H](NCc1nnc(-c2cc3c(s2)CCCC3)o1)[C@@H]1CCOC1. The van der Waals surface area contributed by atoms with Gasteiger partial charge in [-0.3, -0.25) is 0 Å². The van der Waals surface area contributed by atoms with Crippen molar-refractivity contribution in [1.82, 2.24) is 15.5 Å². The number of fused-ring (bicyclic) bond motifs is 1. The van der Waals surface area contributed by atoms with Crippen LogP contribution in [0.5, 0.6) is 0 Å². The molecule has 4 rings (SSSR count). The maximum Gasteiger partial charge on any atom is 0.257 e. The Balaban J connectivity index is 1.39. The number of aromatic nitrogens is 2. The molecule has 1 saturated heterocycles. The second-order valence-corrected chi connectivity index (χ2v) is 7.70. The Morgan fingerprint density at radius 1 is 1.35 bits per heavy atom. The van der Waals surface area contributed by atoms with Crippen LogP contribution in [0.1, 0.15) is 42.5 Å². The van der Waals surface area contributed by atoms with Gasteiger partial charge in [0.25, 0.3) is 5.89 Å². The molecule has 0 unspecified atom stereocenters. The molecule has 0 radical (unpaired) electrons. The van der Waals surface area contributed by atoms with Gasteiger partial charge in [0.2, 0.25) is 5.89 Å². The molecular weight excluding hydrogens is 310 g/mol. The fraction of sp³-hybridized carbons (Fsp3) is 0.647. The summed E-state index contributed by atoms with van der Waals surface area (Å²) in [5.74, 6) is 1.91. The maximum absolute atomic E-state index is 5.85. The third-order valence-electron chi connectivity index (χ3n) is 4.92. The predicted molar refractivity (Wildman–Crippen MR) is 89.5 cm³/mol. The van der Waals surface area contributed by atoms with E-state index in [1.54, 1.807) is 0 Å². The summed E-state index contributed by atoms with van der Waals surface area (Å²) in [4.78, 5) is 2.62. The summed E-state index contributed by atoms with van der Waals surface area (Å²) >= 11 is 1.81. The monoisotopic (exact) mass is 333 g/mol. The minimum atomic E-state index is 0.405. The van der Waals surface area contributed by atoms with Gasteiger partial charge in [0, 0.05) is 17.5 Å². The van der Waals surface area contributed by atoms with E-state index in [1.807, 2.05) is 11.3 Å². The van der Waals surface area contributed by atoms with Crippen LogP contribution in [-0.4, -0.2) is 29.5 Å². The number of rotatable bonds is 5. The van der Waals surface area contributed by atoms with E-state index in [9.17, 15) is 0 Å². The molecule has 0 saturated carbocycles. The highest BCUT2D eigenvalue weighted by atomic mass is 32.1. The minimum Gasteiger partial charge on any atom is -0.419 e. The normalized spacial score (nSPS) is 22.2. The van der Waals surface area contributed by atoms with Crippen molar-refractivity contribution in [1.29, 1.82) is 0 Å². The van der Waals surface area contributed by atoms with Crippen LogP contribution in [0.4, 0.5) is 0 Å². The lowest BCUT2D eigenvalue weighted by atomic mass is 9.99. The zero-order chi connectivity index (χ0) is 15.6. The Hall–Kier alpha value is -1.24. The number of nitrogens with one attached hydrogen (secondary N) is 1. The van der Waals surface area contributed by atoms with E-state index >= 15 is 0 Å². The van der Waals surface area contributed by atoms with E-state index < -0.39 is 0 Å². The number of ether oxygens (including phenoxy) is 1. The molecule has 6 heteroatoms. The van der Waals surface area contributed by atoms with Gasteiger partial charge in [-0.15, -0.1) is 21.5 Å². The van der Waals surface area contributed by atoms with E-state index in [2.05, 4.69) is 28.5 Å². The van der Waals surface area contributed by atoms with E-state index in [-0.39, 0.29) is 0 Å². The van der Waals surface area contributed by atoms with Crippen LogP contribution < -0.4 is 5.32 Å². The van der Waals surface area contributed by atoms with Crippen molar-refractivity contribution in [2.45, 2.75) is 51.6 Å². The van der Waals surface area contributed by atoms with E-state index in [0.717, 1.165) is 24.5 Å². The Bertz CT molecular complexity index is 637. The van der Waals surface area contributed by atoms with Crippen molar-refractivity contribution in [3.8, 4) is 10.8 Å². The topological polar surface area (TPSA) is 60.2 Å². The van der Waals surface area contributed by atoms with Crippen LogP contribution in [0.15, 0.2) is 10.5 Å². The second-order valence-electron chi connectivity index (χ2n) is 6.56. The largest absolute Gasteiger partial charge is 0.419 e. The predicted octanol–water partition coefficient (Wildman–Crippen LogP) is 3.19. The first-order valence-corrected chi connectivity index (χ1v) is 9.36. The van der Waals surface area contributed by atoms with Crippen molar-refractivity contribution in [2.24, 2.45) is 5.92 Å². The number of hydrogen-bond donors (Lipinski definition) is 1. The molecule has 0 bridgehead atoms. The zero-order valence-electron chi connectivity index (χ0n) is 13.5. The standard InChI is InChI=1S/C17H23N3O2S/c1-11(13-6-7-21-10-13)18-9-16-19-20-17(22-16)15-8-12-4-2-3-5-14(12)23-15/h8,11,13,18H,2-7,9-10H2,1H3/t11-,13+/m0/s1. The summed E-state index contributed by atoms with van der Waals surface area (Å²) in [5, 5.41) is 11.9. The fourth-order valence-corrected chi connectivity index (χ4v) is 4.56. The van der Waals surface area contributed by atoms with Gasteiger partial charge in [-0.05, 0) is 56.6 Å². The summed E-state index contributed by atoms with van der Waals surface area (Å²) in [6.45, 7) is 4.55. The van der Waals surface area contributed by atoms with Crippen molar-refractivity contribution >= 4 is 11.3 Å². The first-order valence-electron chi connectivity index (χ1n) is 8.55. The molecule has 1 N–H and O–H groups in total. The van der Waals surface area contributed by atoms with Crippen molar-refractivity contribution in [2.75, 3.05) is 13.2 Å². The fourth-order valence-electron chi connectivity index (χ4n) is 3.38. The lowest BCUT2D eigenvalue weighted by Gasteiger charge is -2.17. The van der Waals surface area contributed by atoms with Gasteiger partial charge in [0.1, 0.15) is 0 Å². The molecule has 1 aliphatic heterocycles. The number of thiophene rings is 1. The Labute approximate surface area is 140 Å². The number of hydrogen-bond acceptors (Lipinski definition) is 6. The van der Waals surface area contributed by atoms with Gasteiger partial charge in [0.05, 0.1) is 18.0 Å². The molecule has 0 spiro atoms. The molecule has 124 valence electrons. The van der Waals surface area contributed by atoms with Crippen LogP contribution in [0.2, 0.25) is 0 Å². The first-order chi connectivity index (χ1) is 11.3. The van der Waals surface area contributed by atoms with Crippen molar-refractivity contribution in [3.05, 3.63) is 22.4 Å². The van der Waals surface area contributed by atoms with Crippen LogP contribution in [0.25, 0.3) is 10.8 Å². The summed E-state index contributed by atoms with van der Waals surface area (Å²) in [5.41, 5.74) is 1.48. The molecule has 2 atom stereocenters. The van der Waals surface area contributed by atoms with Crippen molar-refractivity contribution in [3.63, 3.8) is 0 Å². The van der Waals surface area contributed by atoms with E-state index in [1.165, 1.54) is 36.1 Å². The Kier molecular flexibility index (Phi) is 4.46. The molecule has 2 aliphatic rings. The molecule has 1 aliphatic carbocycles. The highest BCUT2D eigenvalue weighted by Gasteiger charge is 2.23. The van der Waals surface area contributed by atoms with Gasteiger partial charge in [-0.1, -0.05) is 0 Å². The summed E-state index contributed by atoms with van der Waals surface area (Å²) < 4.78 is 11.3. The maximum atomic E-state index is 5.85. The molecule has 2 aromatic heterocycles. The molecule has 3 heterocycles. The van der Waals surface area contributed by atoms with Crippen molar-refractivity contribution < 1.29 is 9.15 Å². The highest BCUT2D eigenvalue weighted by Crippen LogP contribution is 2.35. The molecule has 1 fully saturated rings. The molecule has 23 heavy (non-hydrogen) atoms. The Morgan fingerprint density at radius 2 is 2.26 bits per heavy atom. The summed E-state index contributed by atoms with van der Waals surface area (Å²) in [6.07, 6.45) is 6.11. The van der Waals surface area contributed by atoms with E-state index in [0.29, 0.717) is 30.3 Å². The highest BCUT2D eigenvalue weighted by molar-refractivity contribution is 7.15. The zero-order valence-corrected chi connectivity index (χ0v) is 14.3. The van der Waals surface area contributed by atoms with E-state index in [4.69, 9.17) is 9.15 Å². The van der Waals surface area contributed by atoms with Gasteiger partial charge < -0.3 is 14.5 Å². The lowest BCUT2D eigenvalue weighted by molar-refractivity contribution is 0.177. The quantitative estimate of drug-likeness (QED) is 0.910. The summed E-state index contributed by atoms with van der Waals surface area (Å²) in [6, 6.07) is 2.64. The molecular formula is C17H23N3O2S. The first kappa shape index (κ1) is 15.3. The van der Waals surface area contributed by atoms with Gasteiger partial charge in [-0.25, -0.2) is 0 Å². The third kappa shape index (κ3) is 3.34. The second kappa shape index (κ2) is 6.71. The number of nitrogens with zero attached hydrogens (tertiary/aromatic N) is 2. The molecule has 2 aromatic rings. The average molecular weight is 333 g/mol. The van der Waals surface area contributed by atoms with Gasteiger partial charge >= 0.3 is 0 Å². The van der Waals surface area contributed by atoms with Gasteiger partial charge in [-0.2, -0.15) is 0 Å². The van der Waals surface area contributed by atoms with Crippen LogP contribution >= 0.6 is 11.3 Å². The number of aryl methyl sites for hydroxylation is 2. The van der Waals surface area contributed by atoms with Gasteiger partial charge in [0.15, 0.2) is 0 Å².